The van der Waals surface area contributed by atoms with Crippen LogP contribution < -0.4 is 0 Å². The molecule has 0 aromatic heterocycles. The minimum absolute atomic E-state index is 0.231. The van der Waals surface area contributed by atoms with E-state index in [1.165, 1.54) is 70.6 Å². The summed E-state index contributed by atoms with van der Waals surface area (Å²) in [4.78, 5) is 13.7. The number of carbonyl (C=O) groups is 1. The monoisotopic (exact) mass is 351 g/mol. The van der Waals surface area contributed by atoms with E-state index in [9.17, 15) is 9.90 Å². The van der Waals surface area contributed by atoms with Crippen LogP contribution in [0.1, 0.15) is 103 Å². The van der Waals surface area contributed by atoms with Gasteiger partial charge in [0.2, 0.25) is 5.91 Å². The maximum Gasteiger partial charge on any atom is 0.222 e. The van der Waals surface area contributed by atoms with Gasteiger partial charge in [0, 0.05) is 19.5 Å². The van der Waals surface area contributed by atoms with E-state index in [-0.39, 0.29) is 12.0 Å². The largest absolute Gasteiger partial charge is 0.391 e. The van der Waals surface area contributed by atoms with E-state index < -0.39 is 0 Å². The number of carbonyl (C=O) groups excluding carboxylic acids is 1. The number of β-amino-alcohol motifs (C(OH)–C–C–N with tert-alkyl or cyclic N) is 1. The molecule has 0 radical (unpaired) electrons. The number of unbranched alkanes of at least 4 members (excludes halogenated alkanes) is 11. The highest BCUT2D eigenvalue weighted by molar-refractivity contribution is 5.76. The van der Waals surface area contributed by atoms with Crippen LogP contribution in [-0.4, -0.2) is 35.1 Å². The number of rotatable bonds is 15. The number of aliphatic hydroxyl groups excluding tert-OH is 1. The molecule has 1 atom stereocenters. The molecule has 0 bridgehead atoms. The van der Waals surface area contributed by atoms with Gasteiger partial charge in [0.05, 0.1) is 6.10 Å². The fraction of sp³-hybridized carbons (Fsp3) is 0.864. The summed E-state index contributed by atoms with van der Waals surface area (Å²) in [6.45, 7) is 3.55. The van der Waals surface area contributed by atoms with Gasteiger partial charge in [0.25, 0.3) is 0 Å². The zero-order chi connectivity index (χ0) is 18.2. The maximum atomic E-state index is 11.9. The third-order valence-electron chi connectivity index (χ3n) is 5.17. The number of amides is 1. The van der Waals surface area contributed by atoms with Crippen LogP contribution >= 0.6 is 0 Å². The maximum absolute atomic E-state index is 11.9. The van der Waals surface area contributed by atoms with Gasteiger partial charge in [-0.05, 0) is 38.5 Å². The van der Waals surface area contributed by atoms with Crippen LogP contribution in [0.15, 0.2) is 12.2 Å². The van der Waals surface area contributed by atoms with Crippen molar-refractivity contribution in [1.29, 1.82) is 0 Å². The van der Waals surface area contributed by atoms with E-state index in [0.29, 0.717) is 13.0 Å². The Bertz CT molecular complexity index is 354. The number of allylic oxidation sites excluding steroid dienone is 2. The molecule has 1 aliphatic rings. The van der Waals surface area contributed by atoms with E-state index in [4.69, 9.17) is 0 Å². The molecule has 0 aromatic carbocycles. The quantitative estimate of drug-likeness (QED) is 0.307. The van der Waals surface area contributed by atoms with Crippen molar-refractivity contribution in [3.05, 3.63) is 12.2 Å². The molecule has 1 saturated heterocycles. The van der Waals surface area contributed by atoms with Gasteiger partial charge in [-0.15, -0.1) is 0 Å². The second kappa shape index (κ2) is 15.4. The summed E-state index contributed by atoms with van der Waals surface area (Å²) >= 11 is 0. The SMILES string of the molecule is CCCCCCCC/C=C\CCCCCCCC(=O)N1CC[C@H](O)C1. The molecular formula is C22H41NO2. The average Bonchev–Trinajstić information content (AvgIpc) is 3.04. The lowest BCUT2D eigenvalue weighted by Crippen LogP contribution is -2.29. The molecule has 1 fully saturated rings. The van der Waals surface area contributed by atoms with Crippen LogP contribution in [0.4, 0.5) is 0 Å². The summed E-state index contributed by atoms with van der Waals surface area (Å²) in [6.07, 6.45) is 22.5. The fourth-order valence-electron chi connectivity index (χ4n) is 3.47. The van der Waals surface area contributed by atoms with Crippen molar-refractivity contribution in [2.24, 2.45) is 0 Å². The van der Waals surface area contributed by atoms with Gasteiger partial charge in [0.15, 0.2) is 0 Å². The molecule has 1 N–H and O–H groups in total. The molecule has 1 heterocycles. The Morgan fingerprint density at radius 3 is 2.04 bits per heavy atom. The molecule has 3 heteroatoms. The van der Waals surface area contributed by atoms with E-state index in [2.05, 4.69) is 19.1 Å². The van der Waals surface area contributed by atoms with Crippen molar-refractivity contribution < 1.29 is 9.90 Å². The molecule has 3 nitrogen and oxygen atoms in total. The van der Waals surface area contributed by atoms with Crippen LogP contribution in [0, 0.1) is 0 Å². The highest BCUT2D eigenvalue weighted by atomic mass is 16.3. The second-order valence-corrected chi connectivity index (χ2v) is 7.62. The van der Waals surface area contributed by atoms with Crippen LogP contribution in [0.25, 0.3) is 0 Å². The van der Waals surface area contributed by atoms with Gasteiger partial charge in [0.1, 0.15) is 0 Å². The first-order chi connectivity index (χ1) is 12.2. The van der Waals surface area contributed by atoms with Crippen LogP contribution in [0.2, 0.25) is 0 Å². The molecular weight excluding hydrogens is 310 g/mol. The number of hydrogen-bond acceptors (Lipinski definition) is 2. The number of hydrogen-bond donors (Lipinski definition) is 1. The number of likely N-dealkylation sites (tertiary alicyclic amines) is 1. The van der Waals surface area contributed by atoms with E-state index in [0.717, 1.165) is 25.8 Å². The van der Waals surface area contributed by atoms with Crippen molar-refractivity contribution in [2.45, 2.75) is 109 Å². The lowest BCUT2D eigenvalue weighted by Gasteiger charge is -2.15. The molecule has 0 saturated carbocycles. The zero-order valence-corrected chi connectivity index (χ0v) is 16.6. The van der Waals surface area contributed by atoms with E-state index >= 15 is 0 Å². The second-order valence-electron chi connectivity index (χ2n) is 7.62. The normalized spacial score (nSPS) is 17.7. The third kappa shape index (κ3) is 12.2. The lowest BCUT2D eigenvalue weighted by molar-refractivity contribution is -0.130. The highest BCUT2D eigenvalue weighted by Gasteiger charge is 2.23. The number of nitrogens with zero attached hydrogens (tertiary/aromatic N) is 1. The summed E-state index contributed by atoms with van der Waals surface area (Å²) in [5, 5.41) is 9.45. The molecule has 0 spiro atoms. The van der Waals surface area contributed by atoms with Crippen LogP contribution in [0.5, 0.6) is 0 Å². The summed E-state index contributed by atoms with van der Waals surface area (Å²) in [5.74, 6) is 0.231. The van der Waals surface area contributed by atoms with Crippen LogP contribution in [0.3, 0.4) is 0 Å². The summed E-state index contributed by atoms with van der Waals surface area (Å²) in [6, 6.07) is 0. The minimum atomic E-state index is -0.293. The van der Waals surface area contributed by atoms with Gasteiger partial charge < -0.3 is 10.0 Å². The van der Waals surface area contributed by atoms with Crippen molar-refractivity contribution in [2.75, 3.05) is 13.1 Å². The highest BCUT2D eigenvalue weighted by Crippen LogP contribution is 2.13. The van der Waals surface area contributed by atoms with Crippen LogP contribution in [-0.2, 0) is 4.79 Å². The first kappa shape index (κ1) is 22.2. The van der Waals surface area contributed by atoms with Crippen molar-refractivity contribution in [3.8, 4) is 0 Å². The average molecular weight is 352 g/mol. The van der Waals surface area contributed by atoms with E-state index in [1.807, 2.05) is 4.90 Å². The Hall–Kier alpha value is -0.830. The topological polar surface area (TPSA) is 40.5 Å². The van der Waals surface area contributed by atoms with Gasteiger partial charge in [-0.25, -0.2) is 0 Å². The molecule has 0 unspecified atom stereocenters. The lowest BCUT2D eigenvalue weighted by atomic mass is 10.1. The standard InChI is InChI=1S/C22H41NO2/c1-2-3-4-5-6-7-8-9-10-11-12-13-14-15-16-17-22(25)23-19-18-21(24)20-23/h9-10,21,24H,2-8,11-20H2,1H3/b10-9-/t21-/m0/s1. The Morgan fingerprint density at radius 1 is 0.920 bits per heavy atom. The van der Waals surface area contributed by atoms with Crippen molar-refractivity contribution in [3.63, 3.8) is 0 Å². The van der Waals surface area contributed by atoms with Crippen molar-refractivity contribution >= 4 is 5.91 Å². The summed E-state index contributed by atoms with van der Waals surface area (Å²) < 4.78 is 0. The first-order valence-electron chi connectivity index (χ1n) is 10.8. The van der Waals surface area contributed by atoms with Gasteiger partial charge >= 0.3 is 0 Å². The minimum Gasteiger partial charge on any atom is -0.391 e. The summed E-state index contributed by atoms with van der Waals surface area (Å²) in [5.41, 5.74) is 0. The van der Waals surface area contributed by atoms with Gasteiger partial charge in [-0.1, -0.05) is 70.4 Å². The van der Waals surface area contributed by atoms with Crippen molar-refractivity contribution in [1.82, 2.24) is 4.90 Å². The fourth-order valence-corrected chi connectivity index (χ4v) is 3.47. The Balaban J connectivity index is 1.79. The number of aliphatic hydroxyl groups is 1. The molecule has 0 aliphatic carbocycles. The molecule has 1 amide bonds. The Labute approximate surface area is 155 Å². The first-order valence-corrected chi connectivity index (χ1v) is 10.8. The molecule has 0 aromatic rings. The Morgan fingerprint density at radius 2 is 1.48 bits per heavy atom. The van der Waals surface area contributed by atoms with E-state index in [1.54, 1.807) is 0 Å². The predicted molar refractivity (Wildman–Crippen MR) is 107 cm³/mol. The molecule has 1 aliphatic heterocycles. The molecule has 146 valence electrons. The predicted octanol–water partition coefficient (Wildman–Crippen LogP) is 5.62. The summed E-state index contributed by atoms with van der Waals surface area (Å²) in [7, 11) is 0. The third-order valence-corrected chi connectivity index (χ3v) is 5.17. The zero-order valence-electron chi connectivity index (χ0n) is 16.6. The smallest absolute Gasteiger partial charge is 0.222 e. The van der Waals surface area contributed by atoms with Gasteiger partial charge in [-0.2, -0.15) is 0 Å². The molecule has 25 heavy (non-hydrogen) atoms. The van der Waals surface area contributed by atoms with Gasteiger partial charge in [-0.3, -0.25) is 4.79 Å². The Kier molecular flexibility index (Phi) is 13.7. The molecule has 1 rings (SSSR count).